The minimum absolute atomic E-state index is 0.612. The van der Waals surface area contributed by atoms with Crippen molar-refractivity contribution >= 4 is 24.0 Å². The molecule has 3 aromatic carbocycles. The summed E-state index contributed by atoms with van der Waals surface area (Å²) < 4.78 is 0.958. The first-order valence-corrected chi connectivity index (χ1v) is 20.5. The van der Waals surface area contributed by atoms with Crippen LogP contribution >= 0.6 is 15.9 Å². The van der Waals surface area contributed by atoms with Gasteiger partial charge >= 0.3 is 0 Å². The number of hydrogen-bond acceptors (Lipinski definition) is 6. The molecular weight excluding hydrogens is 720 g/mol. The molecule has 0 aliphatic carbocycles. The van der Waals surface area contributed by atoms with Crippen molar-refractivity contribution < 1.29 is 30.6 Å². The van der Waals surface area contributed by atoms with Gasteiger partial charge in [-0.3, -0.25) is 0 Å². The zero-order chi connectivity index (χ0) is 39.5. The van der Waals surface area contributed by atoms with Gasteiger partial charge in [0.2, 0.25) is 0 Å². The van der Waals surface area contributed by atoms with Crippen LogP contribution in [0.15, 0.2) is 77.3 Å². The summed E-state index contributed by atoms with van der Waals surface area (Å²) in [6, 6.07) is 21.8. The normalized spacial score (nSPS) is 13.9. The van der Waals surface area contributed by atoms with Crippen LogP contribution in [-0.4, -0.2) is 55.5 Å². The van der Waals surface area contributed by atoms with E-state index in [1.54, 1.807) is 77.9 Å². The molecule has 0 aliphatic rings. The second-order valence-corrected chi connectivity index (χ2v) is 22.3. The second-order valence-electron chi connectivity index (χ2n) is 15.8. The maximum absolute atomic E-state index is 10.1. The van der Waals surface area contributed by atoms with Crippen molar-refractivity contribution in [1.29, 1.82) is 0 Å². The van der Waals surface area contributed by atoms with E-state index in [2.05, 4.69) is 74.9 Å². The monoisotopic (exact) mass is 780 g/mol. The van der Waals surface area contributed by atoms with E-state index in [4.69, 9.17) is 6.42 Å². The topological polar surface area (TPSA) is 121 Å². The van der Waals surface area contributed by atoms with Crippen LogP contribution in [0.1, 0.15) is 129 Å². The number of aliphatic hydroxyl groups is 6. The molecule has 0 radical (unpaired) electrons. The SMILES string of the molecule is C#Cc1ccc(C(O)C(C)(C)O)cc1.CC(C)(O)C(O)c1ccc(Br)cc1.CC(C)[Si](C#Cc1ccc(C(O)C(C)(C)O)cc1)(C(C)C)C(C)C. The van der Waals surface area contributed by atoms with E-state index >= 15 is 0 Å². The zero-order valence-electron chi connectivity index (χ0n) is 32.5. The third-order valence-electron chi connectivity index (χ3n) is 9.10. The summed E-state index contributed by atoms with van der Waals surface area (Å²) in [5.41, 5.74) is 5.98. The highest BCUT2D eigenvalue weighted by Gasteiger charge is 2.41. The molecule has 3 aromatic rings. The van der Waals surface area contributed by atoms with Crippen LogP contribution < -0.4 is 0 Å². The average Bonchev–Trinajstić information content (AvgIpc) is 3.03. The average molecular weight is 782 g/mol. The first kappa shape index (κ1) is 46.3. The number of rotatable bonds is 9. The molecule has 8 heteroatoms. The molecule has 280 valence electrons. The highest BCUT2D eigenvalue weighted by Crippen LogP contribution is 2.41. The molecule has 0 bridgehead atoms. The quantitative estimate of drug-likeness (QED) is 0.0955. The van der Waals surface area contributed by atoms with Crippen molar-refractivity contribution in [1.82, 2.24) is 0 Å². The Hall–Kier alpha value is -2.76. The molecule has 6 N–H and O–H groups in total. The van der Waals surface area contributed by atoms with Gasteiger partial charge in [-0.05, 0) is 111 Å². The summed E-state index contributed by atoms with van der Waals surface area (Å²) in [6.45, 7) is 23.4. The van der Waals surface area contributed by atoms with Gasteiger partial charge < -0.3 is 30.6 Å². The molecule has 0 saturated heterocycles. The molecule has 6 nitrogen and oxygen atoms in total. The first-order chi connectivity index (χ1) is 23.3. The van der Waals surface area contributed by atoms with Crippen molar-refractivity contribution in [2.24, 2.45) is 0 Å². The Labute approximate surface area is 317 Å². The lowest BCUT2D eigenvalue weighted by Crippen LogP contribution is -2.43. The van der Waals surface area contributed by atoms with Crippen LogP contribution in [0.4, 0.5) is 0 Å². The van der Waals surface area contributed by atoms with E-state index in [1.165, 1.54) is 0 Å². The number of terminal acetylenes is 1. The van der Waals surface area contributed by atoms with Crippen LogP contribution in [0.5, 0.6) is 0 Å². The van der Waals surface area contributed by atoms with Gasteiger partial charge in [-0.1, -0.05) is 106 Å². The summed E-state index contributed by atoms with van der Waals surface area (Å²) in [7, 11) is -1.73. The van der Waals surface area contributed by atoms with Crippen LogP contribution in [0.25, 0.3) is 0 Å². The third kappa shape index (κ3) is 14.0. The standard InChI is InChI=1S/C21H34O2Si.C12H14O2.C10H13BrO2/c1-15(2)24(16(3)4,17(5)6)14-13-18-9-11-19(12-10-18)20(22)21(7,8)23;1-4-9-5-7-10(8-6-9)11(13)12(2,3)14;1-10(2,13)9(12)7-3-5-8(11)6-4-7/h9-12,15-17,20,22-23H,1-8H3;1,5-8,11,13-14H,2-3H3;3-6,9,12-13H,1-2H3. The zero-order valence-corrected chi connectivity index (χ0v) is 35.1. The van der Waals surface area contributed by atoms with E-state index in [0.717, 1.165) is 21.2 Å². The predicted octanol–water partition coefficient (Wildman–Crippen LogP) is 8.79. The van der Waals surface area contributed by atoms with Crippen molar-refractivity contribution in [3.05, 3.63) is 105 Å². The van der Waals surface area contributed by atoms with Crippen molar-refractivity contribution in [2.45, 2.75) is 135 Å². The highest BCUT2D eigenvalue weighted by molar-refractivity contribution is 9.10. The van der Waals surface area contributed by atoms with Crippen LogP contribution in [-0.2, 0) is 0 Å². The minimum atomic E-state index is -1.73. The molecule has 3 rings (SSSR count). The van der Waals surface area contributed by atoms with E-state index in [0.29, 0.717) is 27.8 Å². The summed E-state index contributed by atoms with van der Waals surface area (Å²) in [5, 5.41) is 58.6. The summed E-state index contributed by atoms with van der Waals surface area (Å²) in [4.78, 5) is 0. The molecule has 0 amide bonds. The van der Waals surface area contributed by atoms with Crippen molar-refractivity contribution in [3.8, 4) is 23.8 Å². The second kappa shape index (κ2) is 19.4. The molecule has 0 spiro atoms. The van der Waals surface area contributed by atoms with Gasteiger partial charge in [0, 0.05) is 15.6 Å². The number of aliphatic hydroxyl groups excluding tert-OH is 3. The third-order valence-corrected chi connectivity index (χ3v) is 15.9. The first-order valence-electron chi connectivity index (χ1n) is 17.4. The Morgan fingerprint density at radius 1 is 0.529 bits per heavy atom. The van der Waals surface area contributed by atoms with Gasteiger partial charge in [0.1, 0.15) is 26.4 Å². The molecule has 3 atom stereocenters. The lowest BCUT2D eigenvalue weighted by Gasteiger charge is -2.38. The van der Waals surface area contributed by atoms with E-state index in [-0.39, 0.29) is 0 Å². The van der Waals surface area contributed by atoms with Crippen LogP contribution in [0.2, 0.25) is 16.6 Å². The number of hydrogen-bond donors (Lipinski definition) is 6. The fourth-order valence-corrected chi connectivity index (χ4v) is 11.5. The molecular formula is C43H61BrO6Si. The fraction of sp³-hybridized carbons (Fsp3) is 0.488. The predicted molar refractivity (Wildman–Crippen MR) is 217 cm³/mol. The minimum Gasteiger partial charge on any atom is -0.387 e. The van der Waals surface area contributed by atoms with Gasteiger partial charge in [-0.2, -0.15) is 0 Å². The summed E-state index contributed by atoms with van der Waals surface area (Å²) in [6.07, 6.45) is 2.57. The molecule has 3 unspecified atom stereocenters. The van der Waals surface area contributed by atoms with Crippen molar-refractivity contribution in [3.63, 3.8) is 0 Å². The Bertz CT molecular complexity index is 1550. The van der Waals surface area contributed by atoms with Crippen LogP contribution in [0, 0.1) is 23.8 Å². The molecule has 0 heterocycles. The van der Waals surface area contributed by atoms with Gasteiger partial charge in [-0.15, -0.1) is 12.0 Å². The fourth-order valence-electron chi connectivity index (χ4n) is 5.99. The van der Waals surface area contributed by atoms with E-state index in [1.807, 2.05) is 36.4 Å². The number of benzene rings is 3. The summed E-state index contributed by atoms with van der Waals surface area (Å²) >= 11 is 3.30. The maximum atomic E-state index is 10.1. The van der Waals surface area contributed by atoms with Gasteiger partial charge in [-0.25, -0.2) is 0 Å². The van der Waals surface area contributed by atoms with Gasteiger partial charge in [0.25, 0.3) is 0 Å². The highest BCUT2D eigenvalue weighted by atomic mass is 79.9. The Kier molecular flexibility index (Phi) is 17.6. The Balaban J connectivity index is 0.000000410. The van der Waals surface area contributed by atoms with E-state index < -0.39 is 43.2 Å². The smallest absolute Gasteiger partial charge is 0.146 e. The molecule has 51 heavy (non-hydrogen) atoms. The lowest BCUT2D eigenvalue weighted by molar-refractivity contribution is -0.0497. The molecule has 0 aromatic heterocycles. The van der Waals surface area contributed by atoms with E-state index in [9.17, 15) is 30.6 Å². The van der Waals surface area contributed by atoms with Gasteiger partial charge in [0.05, 0.1) is 16.8 Å². The number of halogens is 1. The molecule has 0 saturated carbocycles. The molecule has 0 aliphatic heterocycles. The molecule has 0 fully saturated rings. The maximum Gasteiger partial charge on any atom is 0.146 e. The Morgan fingerprint density at radius 3 is 1.06 bits per heavy atom. The Morgan fingerprint density at radius 2 is 0.804 bits per heavy atom. The largest absolute Gasteiger partial charge is 0.387 e. The van der Waals surface area contributed by atoms with Crippen molar-refractivity contribution in [2.75, 3.05) is 0 Å². The van der Waals surface area contributed by atoms with Crippen LogP contribution in [0.3, 0.4) is 0 Å². The summed E-state index contributed by atoms with van der Waals surface area (Å²) in [5.74, 6) is 5.89. The lowest BCUT2D eigenvalue weighted by atomic mass is 9.94. The van der Waals surface area contributed by atoms with Gasteiger partial charge in [0.15, 0.2) is 0 Å².